The molecule has 3 aromatic carbocycles. The van der Waals surface area contributed by atoms with E-state index >= 15 is 0 Å². The minimum absolute atomic E-state index is 0.0347. The zero-order valence-electron chi connectivity index (χ0n) is 65.3. The van der Waals surface area contributed by atoms with E-state index in [9.17, 15) is 5.11 Å². The number of aryl methyl sites for hydroxylation is 12. The van der Waals surface area contributed by atoms with Crippen molar-refractivity contribution >= 4 is 167 Å². The Bertz CT molecular complexity index is 5860. The fourth-order valence-electron chi connectivity index (χ4n) is 14.9. The Morgan fingerprint density at radius 3 is 1.10 bits per heavy atom. The normalized spacial score (nSPS) is 14.1. The fraction of sp³-hybridized carbons (Fsp3) is 0.326. The summed E-state index contributed by atoms with van der Waals surface area (Å²) in [7, 11) is 2.98. The molecule has 6 N–H and O–H groups in total. The van der Waals surface area contributed by atoms with Gasteiger partial charge in [0.1, 0.15) is 55.8 Å². The SMILES string of the molecule is C(=N/Nc1ncnc2sc3c(c12)CCCC3)/c1ccccn1.CCC(CC)=NNc1ncnc2sc3c(c12)CCCC3.COc1cc(/C=N\Nc2ncnc3sc4c(c23)CCCC4)cc(OC)c1O.Cc1ccc(/C=N\Nc2ncnc3sc4c(c23)CCCC4)cc1.Cc1ccccc1/C=N\Nc1ncnc2sc3c(c12)CCCC3. The summed E-state index contributed by atoms with van der Waals surface area (Å²) < 4.78 is 10.3. The van der Waals surface area contributed by atoms with Crippen LogP contribution in [0.25, 0.3) is 51.1 Å². The number of anilines is 5. The maximum absolute atomic E-state index is 10.00. The lowest BCUT2D eigenvalue weighted by molar-refractivity contribution is 0.340. The van der Waals surface area contributed by atoms with E-state index in [4.69, 9.17) is 9.47 Å². The standard InChI is InChI=1S/C19H20N4O3S.2C18H18N4S.C16H15N5S.C15H20N4S/c1-25-13-7-11(8-14(26-2)17(13)24)9-22-23-18-16-12-5-3-4-6-15(12)27-19(16)21-10-20-18;1-12-6-2-3-7-13(12)10-21-22-17-16-14-8-4-5-9-15(14)23-18(16)20-11-19-17;1-12-6-8-13(9-7-12)10-21-22-17-16-14-4-2-3-5-15(14)23-18(16)20-11-19-17;1-2-7-13-12(6-1)14-15(18-10-19-16(14)22-13)21-20-9-11-5-3-4-8-17-11;1-3-10(4-2)18-19-14-13-11-7-5-6-8-12(11)20-15(13)17-9-16-14/h7-10,24H,3-6H2,1-2H3,(H,20,21,23);2-3,6-7,10-11H,4-5,8-9H2,1H3,(H,19,20,22);6-11H,2-5H2,1H3,(H,19,20,22);3-5,8-10H,1-2,6-7H2,(H,18,19,21);9H,3-8H2,1-2H3,(H,16,17,19)/b22-9-;2*21-10-;20-9-;. The van der Waals surface area contributed by atoms with Crippen molar-refractivity contribution in [2.75, 3.05) is 41.3 Å². The first-order valence-corrected chi connectivity index (χ1v) is 43.4. The van der Waals surface area contributed by atoms with Crippen molar-refractivity contribution < 1.29 is 14.6 Å². The minimum atomic E-state index is -0.0347. The summed E-state index contributed by atoms with van der Waals surface area (Å²) >= 11 is 8.97. The summed E-state index contributed by atoms with van der Waals surface area (Å²) in [5, 5.41) is 37.6. The van der Waals surface area contributed by atoms with Crippen LogP contribution in [0, 0.1) is 13.8 Å². The van der Waals surface area contributed by atoms with Crippen LogP contribution in [0.4, 0.5) is 29.1 Å². The molecule has 0 saturated carbocycles. The lowest BCUT2D eigenvalue weighted by atomic mass is 9.97. The van der Waals surface area contributed by atoms with Crippen LogP contribution in [0.5, 0.6) is 17.2 Å². The molecule has 14 aromatic rings. The molecule has 0 fully saturated rings. The van der Waals surface area contributed by atoms with E-state index in [2.05, 4.69) is 172 Å². The summed E-state index contributed by atoms with van der Waals surface area (Å²) in [6.07, 6.45) is 42.7. The Hall–Kier alpha value is -11.2. The van der Waals surface area contributed by atoms with Crippen LogP contribution in [0.1, 0.15) is 177 Å². The number of phenols is 1. The van der Waals surface area contributed by atoms with Gasteiger partial charge in [-0.2, -0.15) is 25.5 Å². The number of aromatic hydroxyl groups is 1. The van der Waals surface area contributed by atoms with Gasteiger partial charge in [-0.1, -0.05) is 74.0 Å². The number of fused-ring (bicyclic) bond motifs is 15. The van der Waals surface area contributed by atoms with Gasteiger partial charge in [0.2, 0.25) is 5.75 Å². The van der Waals surface area contributed by atoms with E-state index in [1.165, 1.54) is 172 Å². The van der Waals surface area contributed by atoms with Gasteiger partial charge in [0.25, 0.3) is 0 Å². The molecule has 0 saturated heterocycles. The third-order valence-corrected chi connectivity index (χ3v) is 26.9. The van der Waals surface area contributed by atoms with Crippen LogP contribution in [0.15, 0.2) is 142 Å². The highest BCUT2D eigenvalue weighted by Crippen LogP contribution is 2.44. The highest BCUT2D eigenvalue weighted by molar-refractivity contribution is 7.20. The van der Waals surface area contributed by atoms with Crippen LogP contribution in [0.3, 0.4) is 0 Å². The zero-order valence-corrected chi connectivity index (χ0v) is 69.4. The third kappa shape index (κ3) is 18.8. The first-order chi connectivity index (χ1) is 56.6. The number of nitrogens with zero attached hydrogens (tertiary/aromatic N) is 16. The molecule has 0 radical (unpaired) electrons. The molecular weight excluding hydrogens is 1540 g/mol. The summed E-state index contributed by atoms with van der Waals surface area (Å²) in [6.45, 7) is 8.42. The number of benzene rings is 3. The Labute approximate surface area is 687 Å². The van der Waals surface area contributed by atoms with Gasteiger partial charge in [-0.3, -0.25) is 32.1 Å². The third-order valence-electron chi connectivity index (χ3n) is 20.9. The van der Waals surface area contributed by atoms with Crippen molar-refractivity contribution in [3.8, 4) is 17.2 Å². The molecule has 0 bridgehead atoms. The Balaban J connectivity index is 0.000000113. The molecule has 5 aliphatic rings. The summed E-state index contributed by atoms with van der Waals surface area (Å²) in [5.74, 6) is 4.63. The highest BCUT2D eigenvalue weighted by Gasteiger charge is 2.25. The molecule has 11 heterocycles. The quantitative estimate of drug-likeness (QED) is 0.0343. The fourth-order valence-corrected chi connectivity index (χ4v) is 21.0. The number of phenolic OH excluding ortho intramolecular Hbond substituents is 1. The predicted molar refractivity (Wildman–Crippen MR) is 475 cm³/mol. The number of hydrogen-bond donors (Lipinski definition) is 6. The largest absolute Gasteiger partial charge is 0.502 e. The van der Waals surface area contributed by atoms with E-state index < -0.39 is 0 Å². The average Bonchev–Trinajstić information content (AvgIpc) is 1.67. The Morgan fingerprint density at radius 1 is 0.391 bits per heavy atom. The number of thiophene rings is 5. The molecule has 24 nitrogen and oxygen atoms in total. The number of methoxy groups -OCH3 is 2. The maximum atomic E-state index is 10.00. The zero-order chi connectivity index (χ0) is 78.8. The Kier molecular flexibility index (Phi) is 26.3. The molecule has 0 spiro atoms. The topological polar surface area (TPSA) is 302 Å². The van der Waals surface area contributed by atoms with E-state index in [-0.39, 0.29) is 5.75 Å². The van der Waals surface area contributed by atoms with Gasteiger partial charge in [-0.05, 0) is 224 Å². The average molecular weight is 1630 g/mol. The Morgan fingerprint density at radius 2 is 0.739 bits per heavy atom. The molecule has 19 rings (SSSR count). The van der Waals surface area contributed by atoms with Crippen molar-refractivity contribution in [2.24, 2.45) is 25.5 Å². The van der Waals surface area contributed by atoms with Crippen LogP contribution in [-0.2, 0) is 64.2 Å². The van der Waals surface area contributed by atoms with Gasteiger partial charge < -0.3 is 14.6 Å². The second-order valence-electron chi connectivity index (χ2n) is 28.3. The number of pyridine rings is 1. The first-order valence-electron chi connectivity index (χ1n) is 39.3. The molecule has 0 unspecified atom stereocenters. The number of hydrazone groups is 5. The van der Waals surface area contributed by atoms with Crippen LogP contribution < -0.4 is 36.6 Å². The van der Waals surface area contributed by atoms with E-state index in [0.717, 1.165) is 149 Å². The minimum Gasteiger partial charge on any atom is -0.502 e. The number of nitrogens with one attached hydrogen (secondary N) is 5. The van der Waals surface area contributed by atoms with Crippen molar-refractivity contribution in [1.29, 1.82) is 0 Å². The number of aromatic nitrogens is 11. The van der Waals surface area contributed by atoms with Gasteiger partial charge in [0.05, 0.1) is 71.7 Å². The second-order valence-corrected chi connectivity index (χ2v) is 33.8. The number of rotatable bonds is 18. The van der Waals surface area contributed by atoms with Crippen molar-refractivity contribution in [2.45, 2.75) is 169 Å². The van der Waals surface area contributed by atoms with E-state index in [1.807, 2.05) is 54.1 Å². The van der Waals surface area contributed by atoms with Gasteiger partial charge in [0, 0.05) is 41.9 Å². The van der Waals surface area contributed by atoms with Crippen molar-refractivity contribution in [1.82, 2.24) is 54.8 Å². The van der Waals surface area contributed by atoms with Gasteiger partial charge in [0.15, 0.2) is 40.6 Å². The molecule has 11 aromatic heterocycles. The van der Waals surface area contributed by atoms with Crippen LogP contribution in [0.2, 0.25) is 0 Å². The molecule has 29 heteroatoms. The van der Waals surface area contributed by atoms with E-state index in [1.54, 1.807) is 108 Å². The molecule has 0 atom stereocenters. The monoisotopic (exact) mass is 1630 g/mol. The predicted octanol–water partition coefficient (Wildman–Crippen LogP) is 20.0. The van der Waals surface area contributed by atoms with Gasteiger partial charge in [-0.15, -0.1) is 56.7 Å². The van der Waals surface area contributed by atoms with Crippen LogP contribution in [-0.4, -0.2) is 105 Å². The molecule has 5 aliphatic carbocycles. The molecule has 115 heavy (non-hydrogen) atoms. The highest BCUT2D eigenvalue weighted by atomic mass is 32.1. The summed E-state index contributed by atoms with van der Waals surface area (Å²) in [4.78, 5) is 60.9. The first kappa shape index (κ1) is 79.0. The summed E-state index contributed by atoms with van der Waals surface area (Å²) in [6, 6.07) is 25.6. The number of ether oxygens (including phenoxy) is 2. The van der Waals surface area contributed by atoms with Crippen molar-refractivity contribution in [3.05, 3.63) is 202 Å². The van der Waals surface area contributed by atoms with E-state index in [0.29, 0.717) is 17.3 Å². The van der Waals surface area contributed by atoms with Gasteiger partial charge in [-0.25, -0.2) is 49.8 Å². The lowest BCUT2D eigenvalue weighted by Gasteiger charge is -2.11. The maximum Gasteiger partial charge on any atom is 0.200 e. The summed E-state index contributed by atoms with van der Waals surface area (Å²) in [5.41, 5.74) is 29.9. The van der Waals surface area contributed by atoms with Gasteiger partial charge >= 0.3 is 0 Å². The second kappa shape index (κ2) is 38.3. The smallest absolute Gasteiger partial charge is 0.200 e. The van der Waals surface area contributed by atoms with Crippen LogP contribution >= 0.6 is 56.7 Å². The molecule has 0 amide bonds. The molecular formula is C86H91N21O3S5. The van der Waals surface area contributed by atoms with Crippen molar-refractivity contribution in [3.63, 3.8) is 0 Å². The molecule has 588 valence electrons. The lowest BCUT2D eigenvalue weighted by Crippen LogP contribution is -2.03. The molecule has 0 aliphatic heterocycles. The number of hydrogen-bond acceptors (Lipinski definition) is 29.